The van der Waals surface area contributed by atoms with Gasteiger partial charge in [-0.15, -0.1) is 0 Å². The van der Waals surface area contributed by atoms with Crippen LogP contribution in [0.2, 0.25) is 0 Å². The average Bonchev–Trinajstić information content (AvgIpc) is 2.82. The van der Waals surface area contributed by atoms with Crippen LogP contribution in [-0.4, -0.2) is 45.2 Å². The number of hydrogen-bond donors (Lipinski definition) is 1. The van der Waals surface area contributed by atoms with Gasteiger partial charge in [0.25, 0.3) is 0 Å². The molecule has 0 bridgehead atoms. The van der Waals surface area contributed by atoms with Crippen LogP contribution in [0.4, 0.5) is 11.4 Å². The zero-order valence-electron chi connectivity index (χ0n) is 18.4. The lowest BCUT2D eigenvalue weighted by atomic mass is 9.95. The van der Waals surface area contributed by atoms with E-state index in [1.54, 1.807) is 36.3 Å². The maximum atomic E-state index is 11.8. The molecule has 0 fully saturated rings. The van der Waals surface area contributed by atoms with Gasteiger partial charge in [0.05, 0.1) is 25.6 Å². The molecule has 8 nitrogen and oxygen atoms in total. The molecule has 4 rings (SSSR count). The molecule has 2 aromatic carbocycles. The number of nitrogens with zero attached hydrogens (tertiary/aromatic N) is 1. The molecule has 0 radical (unpaired) electrons. The van der Waals surface area contributed by atoms with E-state index in [0.29, 0.717) is 60.5 Å². The third-order valence-corrected chi connectivity index (χ3v) is 5.63. The molecule has 2 heterocycles. The van der Waals surface area contributed by atoms with Crippen LogP contribution < -0.4 is 19.7 Å². The monoisotopic (exact) mass is 438 g/mol. The van der Waals surface area contributed by atoms with E-state index in [4.69, 9.17) is 9.47 Å². The Balaban J connectivity index is 0.000000182. The van der Waals surface area contributed by atoms with Gasteiger partial charge in [-0.25, -0.2) is 0 Å². The summed E-state index contributed by atoms with van der Waals surface area (Å²) in [6, 6.07) is 6.88. The smallest absolute Gasteiger partial charge is 0.227 e. The minimum atomic E-state index is -0.0381. The lowest BCUT2D eigenvalue weighted by molar-refractivity contribution is -0.119. The molecule has 0 aliphatic carbocycles. The summed E-state index contributed by atoms with van der Waals surface area (Å²) in [5, 5.41) is 2.73. The summed E-state index contributed by atoms with van der Waals surface area (Å²) in [7, 11) is 3.11. The lowest BCUT2D eigenvalue weighted by Gasteiger charge is -2.30. The first kappa shape index (κ1) is 23.0. The highest BCUT2D eigenvalue weighted by Crippen LogP contribution is 2.38. The van der Waals surface area contributed by atoms with E-state index in [9.17, 15) is 19.2 Å². The second-order valence-electron chi connectivity index (χ2n) is 7.32. The maximum Gasteiger partial charge on any atom is 0.227 e. The fraction of sp³-hybridized carbons (Fsp3) is 0.333. The van der Waals surface area contributed by atoms with E-state index < -0.39 is 0 Å². The minimum Gasteiger partial charge on any atom is -0.495 e. The fourth-order valence-electron chi connectivity index (χ4n) is 4.06. The Labute approximate surface area is 186 Å². The number of aldehydes is 2. The summed E-state index contributed by atoms with van der Waals surface area (Å²) in [5.74, 6) is 1.30. The lowest BCUT2D eigenvalue weighted by Crippen LogP contribution is -2.35. The van der Waals surface area contributed by atoms with Gasteiger partial charge >= 0.3 is 0 Å². The zero-order valence-corrected chi connectivity index (χ0v) is 18.4. The van der Waals surface area contributed by atoms with Gasteiger partial charge < -0.3 is 19.7 Å². The highest BCUT2D eigenvalue weighted by atomic mass is 16.5. The van der Waals surface area contributed by atoms with Crippen LogP contribution in [-0.2, 0) is 22.4 Å². The van der Waals surface area contributed by atoms with Crippen molar-refractivity contribution in [3.05, 3.63) is 46.5 Å². The predicted octanol–water partition coefficient (Wildman–Crippen LogP) is 3.20. The Bertz CT molecular complexity index is 1060. The third kappa shape index (κ3) is 4.34. The molecule has 1 N–H and O–H groups in total. The van der Waals surface area contributed by atoms with Crippen molar-refractivity contribution >= 4 is 35.8 Å². The van der Waals surface area contributed by atoms with Crippen LogP contribution in [0.1, 0.15) is 51.6 Å². The van der Waals surface area contributed by atoms with Gasteiger partial charge in [0, 0.05) is 30.5 Å². The molecule has 2 aliphatic rings. The number of benzene rings is 2. The second kappa shape index (κ2) is 10.1. The van der Waals surface area contributed by atoms with Crippen molar-refractivity contribution in [2.45, 2.75) is 32.6 Å². The molecule has 2 amide bonds. The summed E-state index contributed by atoms with van der Waals surface area (Å²) < 4.78 is 10.4. The zero-order chi connectivity index (χ0) is 23.3. The van der Waals surface area contributed by atoms with Crippen molar-refractivity contribution in [2.75, 3.05) is 31.0 Å². The Morgan fingerprint density at radius 2 is 1.47 bits per heavy atom. The molecule has 8 heteroatoms. The number of hydrogen-bond acceptors (Lipinski definition) is 6. The van der Waals surface area contributed by atoms with Crippen molar-refractivity contribution in [3.63, 3.8) is 0 Å². The molecule has 2 aliphatic heterocycles. The first-order chi connectivity index (χ1) is 15.5. The van der Waals surface area contributed by atoms with Gasteiger partial charge in [0.1, 0.15) is 24.1 Å². The molecule has 0 unspecified atom stereocenters. The van der Waals surface area contributed by atoms with Gasteiger partial charge in [-0.05, 0) is 55.2 Å². The molecule has 32 heavy (non-hydrogen) atoms. The summed E-state index contributed by atoms with van der Waals surface area (Å²) >= 11 is 0. The van der Waals surface area contributed by atoms with Crippen molar-refractivity contribution in [2.24, 2.45) is 0 Å². The van der Waals surface area contributed by atoms with Crippen molar-refractivity contribution in [1.82, 2.24) is 0 Å². The molecule has 0 spiro atoms. The highest BCUT2D eigenvalue weighted by Gasteiger charge is 2.28. The normalized spacial score (nSPS) is 14.3. The number of fused-ring (bicyclic) bond motifs is 2. The van der Waals surface area contributed by atoms with Crippen LogP contribution in [0.15, 0.2) is 24.3 Å². The molecule has 2 aromatic rings. The number of anilines is 2. The second-order valence-corrected chi connectivity index (χ2v) is 7.32. The van der Waals surface area contributed by atoms with Crippen molar-refractivity contribution in [3.8, 4) is 11.5 Å². The van der Waals surface area contributed by atoms with Gasteiger partial charge in [-0.2, -0.15) is 0 Å². The number of nitrogens with one attached hydrogen (secondary N) is 1. The Hall–Kier alpha value is -3.68. The number of carbonyl (C=O) groups excluding carboxylic acids is 4. The SMILES string of the molecule is CCN1C(=O)CCc2c(C=O)ccc(OC)c21.COc1ccc(C=O)c2c1NC(=O)CC2. The summed E-state index contributed by atoms with van der Waals surface area (Å²) in [5.41, 5.74) is 4.44. The maximum absolute atomic E-state index is 11.8. The first-order valence-corrected chi connectivity index (χ1v) is 10.4. The summed E-state index contributed by atoms with van der Waals surface area (Å²) in [6.07, 6.45) is 3.70. The number of ether oxygens (including phenoxy) is 2. The number of amides is 2. The van der Waals surface area contributed by atoms with Gasteiger partial charge in [0.15, 0.2) is 0 Å². The van der Waals surface area contributed by atoms with E-state index >= 15 is 0 Å². The largest absolute Gasteiger partial charge is 0.495 e. The molecule has 0 saturated heterocycles. The van der Waals surface area contributed by atoms with Crippen LogP contribution in [0.3, 0.4) is 0 Å². The van der Waals surface area contributed by atoms with Crippen molar-refractivity contribution in [1.29, 1.82) is 0 Å². The Morgan fingerprint density at radius 1 is 0.875 bits per heavy atom. The topological polar surface area (TPSA) is 102 Å². The van der Waals surface area contributed by atoms with Gasteiger partial charge in [-0.3, -0.25) is 19.2 Å². The molecular formula is C24H26N2O6. The van der Waals surface area contributed by atoms with Crippen LogP contribution in [0.25, 0.3) is 0 Å². The molecule has 168 valence electrons. The van der Waals surface area contributed by atoms with Crippen LogP contribution in [0, 0.1) is 0 Å². The van der Waals surface area contributed by atoms with E-state index in [2.05, 4.69) is 5.32 Å². The first-order valence-electron chi connectivity index (χ1n) is 10.4. The highest BCUT2D eigenvalue weighted by molar-refractivity contribution is 6.00. The molecule has 0 saturated carbocycles. The summed E-state index contributed by atoms with van der Waals surface area (Å²) in [4.78, 5) is 46.6. The minimum absolute atomic E-state index is 0.0381. The van der Waals surface area contributed by atoms with E-state index in [0.717, 1.165) is 29.4 Å². The van der Waals surface area contributed by atoms with E-state index in [1.807, 2.05) is 6.92 Å². The van der Waals surface area contributed by atoms with E-state index in [-0.39, 0.29) is 11.8 Å². The van der Waals surface area contributed by atoms with Gasteiger partial charge in [-0.1, -0.05) is 0 Å². The molecule has 0 atom stereocenters. The Morgan fingerprint density at radius 3 is 2.06 bits per heavy atom. The summed E-state index contributed by atoms with van der Waals surface area (Å²) in [6.45, 7) is 2.50. The molecule has 0 aromatic heterocycles. The Kier molecular flexibility index (Phi) is 7.25. The van der Waals surface area contributed by atoms with Crippen LogP contribution >= 0.6 is 0 Å². The number of methoxy groups -OCH3 is 2. The quantitative estimate of drug-likeness (QED) is 0.720. The number of rotatable bonds is 5. The average molecular weight is 438 g/mol. The predicted molar refractivity (Wildman–Crippen MR) is 120 cm³/mol. The fourth-order valence-corrected chi connectivity index (χ4v) is 4.06. The van der Waals surface area contributed by atoms with Crippen LogP contribution in [0.5, 0.6) is 11.5 Å². The standard InChI is InChI=1S/C13H15NO3.C11H11NO3/c1-3-14-12(16)7-5-10-9(8-15)4-6-11(17-2)13(10)14;1-15-9-4-2-7(6-13)8-3-5-10(14)12-11(8)9/h4,6,8H,3,5,7H2,1-2H3;2,4,6H,3,5H2,1H3,(H,12,14). The van der Waals surface area contributed by atoms with E-state index in [1.165, 1.54) is 7.11 Å². The van der Waals surface area contributed by atoms with Crippen molar-refractivity contribution < 1.29 is 28.7 Å². The number of carbonyl (C=O) groups is 4. The molecular weight excluding hydrogens is 412 g/mol. The van der Waals surface area contributed by atoms with Gasteiger partial charge in [0.2, 0.25) is 11.8 Å². The third-order valence-electron chi connectivity index (χ3n) is 5.63.